The zero-order valence-corrected chi connectivity index (χ0v) is 17.4. The molecule has 3 atom stereocenters. The van der Waals surface area contributed by atoms with Crippen molar-refractivity contribution in [1.29, 1.82) is 0 Å². The maximum absolute atomic E-state index is 5.54. The first kappa shape index (κ1) is 27.5. The lowest BCUT2D eigenvalue weighted by Crippen LogP contribution is -2.23. The molecular weight excluding hydrogens is 342 g/mol. The van der Waals surface area contributed by atoms with Crippen molar-refractivity contribution >= 4 is 5.96 Å². The molecule has 1 aromatic rings. The Hall–Kier alpha value is -1.68. The van der Waals surface area contributed by atoms with E-state index in [9.17, 15) is 0 Å². The van der Waals surface area contributed by atoms with E-state index in [1.165, 1.54) is 6.42 Å². The molecule has 0 saturated heterocycles. The van der Waals surface area contributed by atoms with E-state index in [0.29, 0.717) is 12.6 Å². The third-order valence-electron chi connectivity index (χ3n) is 3.32. The predicted molar refractivity (Wildman–Crippen MR) is 116 cm³/mol. The van der Waals surface area contributed by atoms with E-state index in [-0.39, 0.29) is 18.0 Å². The van der Waals surface area contributed by atoms with Gasteiger partial charge in [-0.3, -0.25) is 4.99 Å². The number of nitrogens with one attached hydrogen (secondary N) is 1. The zero-order chi connectivity index (χ0) is 21.1. The largest absolute Gasteiger partial charge is 0.370 e. The van der Waals surface area contributed by atoms with Crippen LogP contribution in [0.2, 0.25) is 0 Å². The van der Waals surface area contributed by atoms with E-state index in [2.05, 4.69) is 15.0 Å². The standard InChI is InChI=1S/C6H16N4.C6H11N3.C6H16N2/c1-5(7)3-2-4-10-6(8)9;1-5(7)2-6-3-8-4-9-6;1-6(8)4-2-3-5-7/h5H,2-4,7H2,1H3,(H4,8,9,10);3-5H,2,7H2,1H3,(H,8,9);6H,2-5,7-8H2,1H3. The van der Waals surface area contributed by atoms with Gasteiger partial charge in [-0.1, -0.05) is 6.42 Å². The highest BCUT2D eigenvalue weighted by atomic mass is 15.0. The summed E-state index contributed by atoms with van der Waals surface area (Å²) in [6.07, 6.45) is 9.65. The molecule has 1 aromatic heterocycles. The Morgan fingerprint density at radius 3 is 2.00 bits per heavy atom. The van der Waals surface area contributed by atoms with E-state index in [1.54, 1.807) is 12.5 Å². The Balaban J connectivity index is 0. The molecule has 0 aliphatic carbocycles. The van der Waals surface area contributed by atoms with Crippen molar-refractivity contribution in [1.82, 2.24) is 9.97 Å². The monoisotopic (exact) mass is 385 g/mol. The minimum absolute atomic E-state index is 0.157. The summed E-state index contributed by atoms with van der Waals surface area (Å²) in [7, 11) is 0. The van der Waals surface area contributed by atoms with Gasteiger partial charge in [-0.2, -0.15) is 0 Å². The second-order valence-corrected chi connectivity index (χ2v) is 6.95. The number of guanidine groups is 1. The van der Waals surface area contributed by atoms with Crippen LogP contribution in [-0.4, -0.2) is 47.1 Å². The van der Waals surface area contributed by atoms with Crippen molar-refractivity contribution < 1.29 is 0 Å². The molecule has 0 aliphatic rings. The highest BCUT2D eigenvalue weighted by molar-refractivity contribution is 5.75. The number of hydrogen-bond donors (Lipinski definition) is 7. The van der Waals surface area contributed by atoms with E-state index in [0.717, 1.165) is 44.3 Å². The highest BCUT2D eigenvalue weighted by Crippen LogP contribution is 1.95. The number of rotatable bonds is 10. The van der Waals surface area contributed by atoms with Gasteiger partial charge in [0, 0.05) is 43.0 Å². The third-order valence-corrected chi connectivity index (χ3v) is 3.32. The van der Waals surface area contributed by atoms with Crippen molar-refractivity contribution in [2.45, 2.75) is 77.4 Å². The smallest absolute Gasteiger partial charge is 0.185 e. The Labute approximate surface area is 164 Å². The van der Waals surface area contributed by atoms with Crippen LogP contribution in [0, 0.1) is 0 Å². The SMILES string of the molecule is CC(N)CCCCN.CC(N)CCCN=C(N)N.CC(N)Cc1cnc[nH]1. The van der Waals surface area contributed by atoms with Gasteiger partial charge in [0.05, 0.1) is 6.33 Å². The van der Waals surface area contributed by atoms with Crippen LogP contribution >= 0.6 is 0 Å². The Bertz CT molecular complexity index is 424. The average molecular weight is 386 g/mol. The van der Waals surface area contributed by atoms with Gasteiger partial charge in [0.1, 0.15) is 0 Å². The van der Waals surface area contributed by atoms with Crippen molar-refractivity contribution in [3.8, 4) is 0 Å². The van der Waals surface area contributed by atoms with Gasteiger partial charge in [-0.05, 0) is 53.0 Å². The average Bonchev–Trinajstić information content (AvgIpc) is 3.05. The lowest BCUT2D eigenvalue weighted by Gasteiger charge is -2.01. The number of unbranched alkanes of at least 4 members (excludes halogenated alkanes) is 1. The summed E-state index contributed by atoms with van der Waals surface area (Å²) < 4.78 is 0. The molecular formula is C18H43N9. The fraction of sp³-hybridized carbons (Fsp3) is 0.778. The molecule has 0 radical (unpaired) electrons. The molecule has 1 rings (SSSR count). The number of aliphatic imine (C=N–C) groups is 1. The lowest BCUT2D eigenvalue weighted by atomic mass is 10.1. The molecule has 160 valence electrons. The second-order valence-electron chi connectivity index (χ2n) is 6.95. The molecule has 0 bridgehead atoms. The number of hydrogen-bond acceptors (Lipinski definition) is 6. The fourth-order valence-electron chi connectivity index (χ4n) is 1.98. The number of aromatic amines is 1. The molecule has 0 amide bonds. The van der Waals surface area contributed by atoms with Gasteiger partial charge in [0.15, 0.2) is 5.96 Å². The van der Waals surface area contributed by atoms with Crippen LogP contribution in [0.1, 0.15) is 58.6 Å². The fourth-order valence-corrected chi connectivity index (χ4v) is 1.98. The van der Waals surface area contributed by atoms with Crippen molar-refractivity contribution in [2.75, 3.05) is 13.1 Å². The quantitative estimate of drug-likeness (QED) is 0.169. The first-order chi connectivity index (χ1) is 12.7. The van der Waals surface area contributed by atoms with Gasteiger partial charge in [0.2, 0.25) is 0 Å². The first-order valence-corrected chi connectivity index (χ1v) is 9.68. The van der Waals surface area contributed by atoms with Crippen LogP contribution in [-0.2, 0) is 6.42 Å². The Morgan fingerprint density at radius 2 is 1.59 bits per heavy atom. The minimum atomic E-state index is 0.157. The van der Waals surface area contributed by atoms with Gasteiger partial charge in [-0.15, -0.1) is 0 Å². The molecule has 0 fully saturated rings. The van der Waals surface area contributed by atoms with E-state index in [1.807, 2.05) is 20.8 Å². The second kappa shape index (κ2) is 19.1. The van der Waals surface area contributed by atoms with E-state index in [4.69, 9.17) is 34.4 Å². The molecule has 3 unspecified atom stereocenters. The minimum Gasteiger partial charge on any atom is -0.370 e. The summed E-state index contributed by atoms with van der Waals surface area (Å²) in [6.45, 7) is 7.45. The number of imidazole rings is 1. The molecule has 9 nitrogen and oxygen atoms in total. The normalized spacial score (nSPS) is 13.3. The van der Waals surface area contributed by atoms with Crippen LogP contribution in [0.4, 0.5) is 0 Å². The maximum Gasteiger partial charge on any atom is 0.185 e. The van der Waals surface area contributed by atoms with Crippen LogP contribution in [0.15, 0.2) is 17.5 Å². The van der Waals surface area contributed by atoms with E-state index < -0.39 is 0 Å². The van der Waals surface area contributed by atoms with Gasteiger partial charge in [-0.25, -0.2) is 4.98 Å². The summed E-state index contributed by atoms with van der Waals surface area (Å²) in [6, 6.07) is 0.807. The van der Waals surface area contributed by atoms with Crippen molar-refractivity contribution in [3.05, 3.63) is 18.2 Å². The predicted octanol–water partition coefficient (Wildman–Crippen LogP) is 0.149. The van der Waals surface area contributed by atoms with Crippen molar-refractivity contribution in [2.24, 2.45) is 39.4 Å². The van der Waals surface area contributed by atoms with Crippen LogP contribution < -0.4 is 34.4 Å². The number of nitrogens with zero attached hydrogens (tertiary/aromatic N) is 2. The summed E-state index contributed by atoms with van der Waals surface area (Å²) in [5.41, 5.74) is 33.1. The zero-order valence-electron chi connectivity index (χ0n) is 17.4. The molecule has 13 N–H and O–H groups in total. The van der Waals surface area contributed by atoms with Gasteiger partial charge in [0.25, 0.3) is 0 Å². The van der Waals surface area contributed by atoms with E-state index >= 15 is 0 Å². The summed E-state index contributed by atoms with van der Waals surface area (Å²) in [5, 5.41) is 0. The van der Waals surface area contributed by atoms with Gasteiger partial charge >= 0.3 is 0 Å². The number of nitrogens with two attached hydrogens (primary N) is 6. The molecule has 9 heteroatoms. The molecule has 27 heavy (non-hydrogen) atoms. The van der Waals surface area contributed by atoms with Crippen molar-refractivity contribution in [3.63, 3.8) is 0 Å². The lowest BCUT2D eigenvalue weighted by molar-refractivity contribution is 0.602. The summed E-state index contributed by atoms with van der Waals surface area (Å²) in [4.78, 5) is 10.7. The van der Waals surface area contributed by atoms with Crippen LogP contribution in [0.25, 0.3) is 0 Å². The van der Waals surface area contributed by atoms with Gasteiger partial charge < -0.3 is 39.4 Å². The number of H-pyrrole nitrogens is 1. The Kier molecular flexibility index (Phi) is 19.5. The molecule has 0 aliphatic heterocycles. The van der Waals surface area contributed by atoms with Crippen LogP contribution in [0.5, 0.6) is 0 Å². The number of aromatic nitrogens is 2. The third kappa shape index (κ3) is 26.7. The van der Waals surface area contributed by atoms with Crippen LogP contribution in [0.3, 0.4) is 0 Å². The molecule has 0 saturated carbocycles. The maximum atomic E-state index is 5.54. The summed E-state index contributed by atoms with van der Waals surface area (Å²) in [5.74, 6) is 0.157. The molecule has 0 aromatic carbocycles. The Morgan fingerprint density at radius 1 is 1.00 bits per heavy atom. The summed E-state index contributed by atoms with van der Waals surface area (Å²) >= 11 is 0. The topological polar surface area (TPSA) is 197 Å². The molecule has 0 spiro atoms. The first-order valence-electron chi connectivity index (χ1n) is 9.68. The highest BCUT2D eigenvalue weighted by Gasteiger charge is 1.96. The molecule has 1 heterocycles.